The van der Waals surface area contributed by atoms with E-state index in [1.807, 2.05) is 6.07 Å². The molecule has 2 unspecified atom stereocenters. The maximum atomic E-state index is 13.0. The van der Waals surface area contributed by atoms with Gasteiger partial charge in [0.1, 0.15) is 5.82 Å². The van der Waals surface area contributed by atoms with Crippen molar-refractivity contribution in [2.45, 2.75) is 44.8 Å². The summed E-state index contributed by atoms with van der Waals surface area (Å²) in [4.78, 5) is 0. The van der Waals surface area contributed by atoms with Gasteiger partial charge in [-0.25, -0.2) is 4.39 Å². The van der Waals surface area contributed by atoms with Crippen LogP contribution in [0.1, 0.15) is 38.2 Å². The summed E-state index contributed by atoms with van der Waals surface area (Å²) >= 11 is 0. The Kier molecular flexibility index (Phi) is 4.36. The Morgan fingerprint density at radius 1 is 1.50 bits per heavy atom. The van der Waals surface area contributed by atoms with Crippen molar-refractivity contribution in [3.8, 4) is 0 Å². The molecule has 0 spiro atoms. The Morgan fingerprint density at radius 3 is 3.06 bits per heavy atom. The Labute approximate surface area is 108 Å². The lowest BCUT2D eigenvalue weighted by Crippen LogP contribution is -2.43. The zero-order chi connectivity index (χ0) is 13.0. The van der Waals surface area contributed by atoms with Crippen LogP contribution in [0.2, 0.25) is 0 Å². The highest BCUT2D eigenvalue weighted by molar-refractivity contribution is 5.16. The number of benzene rings is 1. The van der Waals surface area contributed by atoms with Crippen LogP contribution in [0.25, 0.3) is 0 Å². The van der Waals surface area contributed by atoms with Gasteiger partial charge in [0.05, 0.1) is 5.60 Å². The lowest BCUT2D eigenvalue weighted by molar-refractivity contribution is -0.0119. The normalized spacial score (nSPS) is 28.3. The fourth-order valence-corrected chi connectivity index (χ4v) is 2.88. The summed E-state index contributed by atoms with van der Waals surface area (Å²) in [5, 5.41) is 13.7. The van der Waals surface area contributed by atoms with Gasteiger partial charge in [0.25, 0.3) is 0 Å². The van der Waals surface area contributed by atoms with Gasteiger partial charge in [-0.05, 0) is 36.5 Å². The van der Waals surface area contributed by atoms with Gasteiger partial charge in [-0.15, -0.1) is 0 Å². The van der Waals surface area contributed by atoms with Crippen LogP contribution < -0.4 is 5.32 Å². The Bertz CT molecular complexity index is 396. The van der Waals surface area contributed by atoms with Crippen LogP contribution in [0.5, 0.6) is 0 Å². The third-order valence-corrected chi connectivity index (χ3v) is 3.74. The minimum absolute atomic E-state index is 0.209. The van der Waals surface area contributed by atoms with Gasteiger partial charge < -0.3 is 10.4 Å². The molecule has 2 atom stereocenters. The highest BCUT2D eigenvalue weighted by Crippen LogP contribution is 2.31. The van der Waals surface area contributed by atoms with Gasteiger partial charge in [0, 0.05) is 13.1 Å². The molecule has 0 radical (unpaired) electrons. The first-order chi connectivity index (χ1) is 8.57. The average Bonchev–Trinajstić information content (AvgIpc) is 2.28. The molecule has 2 N–H and O–H groups in total. The average molecular weight is 251 g/mol. The number of hydrogen-bond acceptors (Lipinski definition) is 2. The Morgan fingerprint density at radius 2 is 2.33 bits per heavy atom. The Balaban J connectivity index is 1.81. The molecular weight excluding hydrogens is 229 g/mol. The summed E-state index contributed by atoms with van der Waals surface area (Å²) in [6, 6.07) is 6.58. The van der Waals surface area contributed by atoms with E-state index >= 15 is 0 Å². The SMILES string of the molecule is CC1CCCC(O)(CNCc2cccc(F)c2)C1. The third kappa shape index (κ3) is 3.79. The Hall–Kier alpha value is -0.930. The first-order valence-corrected chi connectivity index (χ1v) is 6.75. The van der Waals surface area contributed by atoms with Crippen molar-refractivity contribution in [1.82, 2.24) is 5.32 Å². The molecule has 100 valence electrons. The quantitative estimate of drug-likeness (QED) is 0.862. The maximum Gasteiger partial charge on any atom is 0.123 e. The van der Waals surface area contributed by atoms with Gasteiger partial charge in [0.2, 0.25) is 0 Å². The van der Waals surface area contributed by atoms with E-state index in [-0.39, 0.29) is 5.82 Å². The molecular formula is C15H22FNO. The van der Waals surface area contributed by atoms with E-state index in [2.05, 4.69) is 12.2 Å². The third-order valence-electron chi connectivity index (χ3n) is 3.74. The largest absolute Gasteiger partial charge is 0.389 e. The van der Waals surface area contributed by atoms with E-state index in [4.69, 9.17) is 0 Å². The van der Waals surface area contributed by atoms with Crippen LogP contribution in [-0.2, 0) is 6.54 Å². The van der Waals surface area contributed by atoms with Crippen molar-refractivity contribution in [2.24, 2.45) is 5.92 Å². The second-order valence-electron chi connectivity index (χ2n) is 5.66. The van der Waals surface area contributed by atoms with Gasteiger partial charge in [-0.2, -0.15) is 0 Å². The summed E-state index contributed by atoms with van der Waals surface area (Å²) in [6.45, 7) is 3.39. The second kappa shape index (κ2) is 5.81. The van der Waals surface area contributed by atoms with Crippen LogP contribution >= 0.6 is 0 Å². The van der Waals surface area contributed by atoms with E-state index in [0.717, 1.165) is 24.8 Å². The fraction of sp³-hybridized carbons (Fsp3) is 0.600. The molecule has 18 heavy (non-hydrogen) atoms. The molecule has 0 amide bonds. The first kappa shape index (κ1) is 13.5. The van der Waals surface area contributed by atoms with Crippen molar-refractivity contribution in [3.63, 3.8) is 0 Å². The summed E-state index contributed by atoms with van der Waals surface area (Å²) in [5.41, 5.74) is 0.341. The van der Waals surface area contributed by atoms with Crippen molar-refractivity contribution in [3.05, 3.63) is 35.6 Å². The maximum absolute atomic E-state index is 13.0. The molecule has 1 fully saturated rings. The number of halogens is 1. The van der Waals surface area contributed by atoms with Crippen LogP contribution in [-0.4, -0.2) is 17.3 Å². The molecule has 0 heterocycles. The minimum atomic E-state index is -0.578. The zero-order valence-corrected chi connectivity index (χ0v) is 11.0. The molecule has 1 aromatic carbocycles. The molecule has 1 aliphatic carbocycles. The van der Waals surface area contributed by atoms with Crippen molar-refractivity contribution in [1.29, 1.82) is 0 Å². The van der Waals surface area contributed by atoms with Crippen molar-refractivity contribution < 1.29 is 9.50 Å². The first-order valence-electron chi connectivity index (χ1n) is 6.75. The molecule has 0 bridgehead atoms. The fourth-order valence-electron chi connectivity index (χ4n) is 2.88. The van der Waals surface area contributed by atoms with Gasteiger partial charge in [-0.1, -0.05) is 31.9 Å². The number of aliphatic hydroxyl groups is 1. The minimum Gasteiger partial charge on any atom is -0.389 e. The van der Waals surface area contributed by atoms with E-state index in [1.165, 1.54) is 18.6 Å². The lowest BCUT2D eigenvalue weighted by Gasteiger charge is -2.35. The molecule has 0 saturated heterocycles. The molecule has 1 saturated carbocycles. The number of nitrogens with one attached hydrogen (secondary N) is 1. The second-order valence-corrected chi connectivity index (χ2v) is 5.66. The van der Waals surface area contributed by atoms with E-state index in [9.17, 15) is 9.50 Å². The summed E-state index contributed by atoms with van der Waals surface area (Å²) < 4.78 is 13.0. The molecule has 1 aromatic rings. The highest BCUT2D eigenvalue weighted by atomic mass is 19.1. The topological polar surface area (TPSA) is 32.3 Å². The molecule has 1 aliphatic rings. The van der Waals surface area contributed by atoms with Crippen LogP contribution in [0.3, 0.4) is 0 Å². The van der Waals surface area contributed by atoms with E-state index in [0.29, 0.717) is 19.0 Å². The van der Waals surface area contributed by atoms with E-state index < -0.39 is 5.60 Å². The number of hydrogen-bond donors (Lipinski definition) is 2. The molecule has 0 aromatic heterocycles. The predicted molar refractivity (Wildman–Crippen MR) is 70.7 cm³/mol. The molecule has 0 aliphatic heterocycles. The number of rotatable bonds is 4. The van der Waals surface area contributed by atoms with Crippen molar-refractivity contribution >= 4 is 0 Å². The lowest BCUT2D eigenvalue weighted by atomic mass is 9.79. The summed E-state index contributed by atoms with van der Waals surface area (Å²) in [5.74, 6) is 0.388. The molecule has 3 heteroatoms. The molecule has 2 nitrogen and oxygen atoms in total. The van der Waals surface area contributed by atoms with Crippen LogP contribution in [0.4, 0.5) is 4.39 Å². The highest BCUT2D eigenvalue weighted by Gasteiger charge is 2.31. The summed E-state index contributed by atoms with van der Waals surface area (Å²) in [7, 11) is 0. The van der Waals surface area contributed by atoms with Crippen molar-refractivity contribution in [2.75, 3.05) is 6.54 Å². The van der Waals surface area contributed by atoms with Gasteiger partial charge >= 0.3 is 0 Å². The standard InChI is InChI=1S/C15H22FNO/c1-12-4-3-7-15(18,9-12)11-17-10-13-5-2-6-14(16)8-13/h2,5-6,8,12,17-18H,3-4,7,9-11H2,1H3. The smallest absolute Gasteiger partial charge is 0.123 e. The molecule has 2 rings (SSSR count). The van der Waals surface area contributed by atoms with Crippen LogP contribution in [0.15, 0.2) is 24.3 Å². The van der Waals surface area contributed by atoms with E-state index in [1.54, 1.807) is 6.07 Å². The van der Waals surface area contributed by atoms with Crippen LogP contribution in [0, 0.1) is 11.7 Å². The zero-order valence-electron chi connectivity index (χ0n) is 11.0. The monoisotopic (exact) mass is 251 g/mol. The predicted octanol–water partition coefficient (Wildman–Crippen LogP) is 2.86. The summed E-state index contributed by atoms with van der Waals surface area (Å²) in [6.07, 6.45) is 4.04. The van der Waals surface area contributed by atoms with Gasteiger partial charge in [0.15, 0.2) is 0 Å². The van der Waals surface area contributed by atoms with Gasteiger partial charge in [-0.3, -0.25) is 0 Å².